The van der Waals surface area contributed by atoms with E-state index in [1.807, 2.05) is 47.1 Å². The molecule has 166 valence electrons. The molecule has 0 unspecified atom stereocenters. The van der Waals surface area contributed by atoms with Crippen molar-refractivity contribution < 1.29 is 4.79 Å². The van der Waals surface area contributed by atoms with Gasteiger partial charge in [0.25, 0.3) is 0 Å². The summed E-state index contributed by atoms with van der Waals surface area (Å²) in [5.41, 5.74) is 3.86. The third-order valence-electron chi connectivity index (χ3n) is 6.38. The first kappa shape index (κ1) is 20.8. The topological polar surface area (TPSA) is 66.3 Å². The average Bonchev–Trinajstić information content (AvgIpc) is 3.11. The monoisotopic (exact) mass is 450 g/mol. The quantitative estimate of drug-likeness (QED) is 0.622. The fraction of sp³-hybridized carbons (Fsp3) is 0.375. The molecule has 0 radical (unpaired) electrons. The molecule has 0 spiro atoms. The van der Waals surface area contributed by atoms with Gasteiger partial charge in [-0.05, 0) is 56.5 Å². The van der Waals surface area contributed by atoms with Gasteiger partial charge in [-0.2, -0.15) is 5.10 Å². The van der Waals surface area contributed by atoms with Gasteiger partial charge in [-0.15, -0.1) is 0 Å². The fourth-order valence-electron chi connectivity index (χ4n) is 4.57. The van der Waals surface area contributed by atoms with Crippen molar-refractivity contribution in [3.05, 3.63) is 58.9 Å². The van der Waals surface area contributed by atoms with Gasteiger partial charge in [0, 0.05) is 42.3 Å². The average molecular weight is 451 g/mol. The van der Waals surface area contributed by atoms with Crippen molar-refractivity contribution in [2.75, 3.05) is 28.2 Å². The maximum Gasteiger partial charge on any atom is 0.230 e. The summed E-state index contributed by atoms with van der Waals surface area (Å²) in [5, 5.41) is 8.58. The first-order valence-electron chi connectivity index (χ1n) is 11.1. The largest absolute Gasteiger partial charge is 0.357 e. The van der Waals surface area contributed by atoms with Crippen molar-refractivity contribution in [2.45, 2.75) is 39.8 Å². The summed E-state index contributed by atoms with van der Waals surface area (Å²) in [6, 6.07) is 9.80. The van der Waals surface area contributed by atoms with E-state index in [0.29, 0.717) is 11.6 Å². The molecule has 2 aromatic heterocycles. The summed E-state index contributed by atoms with van der Waals surface area (Å²) in [6.07, 6.45) is 5.36. The lowest BCUT2D eigenvalue weighted by molar-refractivity contribution is -0.123. The van der Waals surface area contributed by atoms with Gasteiger partial charge >= 0.3 is 0 Å². The van der Waals surface area contributed by atoms with E-state index in [2.05, 4.69) is 39.4 Å². The van der Waals surface area contributed by atoms with E-state index in [9.17, 15) is 4.79 Å². The van der Waals surface area contributed by atoms with E-state index in [-0.39, 0.29) is 11.8 Å². The number of fused-ring (bicyclic) bond motifs is 2. The molecule has 3 aromatic rings. The second-order valence-corrected chi connectivity index (χ2v) is 8.94. The molecule has 1 saturated heterocycles. The van der Waals surface area contributed by atoms with Crippen LogP contribution >= 0.6 is 11.6 Å². The van der Waals surface area contributed by atoms with Crippen LogP contribution in [0.5, 0.6) is 0 Å². The number of benzene rings is 1. The molecule has 1 N–H and O–H groups in total. The number of halogens is 1. The van der Waals surface area contributed by atoms with Crippen LogP contribution in [0.15, 0.2) is 42.7 Å². The number of carbonyl (C=O) groups excluding carboxylic acids is 1. The molecule has 8 heteroatoms. The third-order valence-corrected chi connectivity index (χ3v) is 6.61. The molecule has 2 aliphatic rings. The molecule has 1 fully saturated rings. The van der Waals surface area contributed by atoms with E-state index in [0.717, 1.165) is 66.6 Å². The van der Waals surface area contributed by atoms with Gasteiger partial charge in [0.1, 0.15) is 11.6 Å². The van der Waals surface area contributed by atoms with Gasteiger partial charge in [0.15, 0.2) is 0 Å². The highest BCUT2D eigenvalue weighted by molar-refractivity contribution is 6.31. The Labute approximate surface area is 193 Å². The molecule has 32 heavy (non-hydrogen) atoms. The third kappa shape index (κ3) is 3.81. The van der Waals surface area contributed by atoms with Crippen molar-refractivity contribution >= 4 is 40.5 Å². The number of amides is 1. The van der Waals surface area contributed by atoms with Gasteiger partial charge in [0.05, 0.1) is 24.1 Å². The molecule has 5 rings (SSSR count). The minimum Gasteiger partial charge on any atom is -0.357 e. The van der Waals surface area contributed by atoms with Gasteiger partial charge in [0.2, 0.25) is 5.91 Å². The van der Waals surface area contributed by atoms with Gasteiger partial charge in [-0.3, -0.25) is 4.79 Å². The maximum atomic E-state index is 13.7. The Kier molecular flexibility index (Phi) is 5.51. The second-order valence-electron chi connectivity index (χ2n) is 8.50. The number of pyridine rings is 1. The molecule has 0 atom stereocenters. The number of nitrogens with one attached hydrogen (secondary N) is 1. The van der Waals surface area contributed by atoms with Crippen LogP contribution in [0.25, 0.3) is 0 Å². The standard InChI is InChI=1S/C24H27ClN6O/c1-3-31-23-18(14-27-31)15-30(21-6-5-19(25)12-20(21)28-23)24(32)17-8-10-29(11-9-17)22-7-4-16(2)13-26-22/h4-7,12-14,17,28H,3,8-11,15H2,1-2H3. The predicted octanol–water partition coefficient (Wildman–Crippen LogP) is 4.77. The van der Waals surface area contributed by atoms with Crippen molar-refractivity contribution in [3.63, 3.8) is 0 Å². The molecule has 0 bridgehead atoms. The number of aromatic nitrogens is 3. The van der Waals surface area contributed by atoms with E-state index in [4.69, 9.17) is 11.6 Å². The van der Waals surface area contributed by atoms with Gasteiger partial charge in [-0.25, -0.2) is 9.67 Å². The zero-order valence-corrected chi connectivity index (χ0v) is 19.1. The molecular weight excluding hydrogens is 424 g/mol. The lowest BCUT2D eigenvalue weighted by Gasteiger charge is -2.35. The van der Waals surface area contributed by atoms with Crippen molar-refractivity contribution in [2.24, 2.45) is 5.92 Å². The number of piperidine rings is 1. The summed E-state index contributed by atoms with van der Waals surface area (Å²) in [7, 11) is 0. The Balaban J connectivity index is 1.39. The number of hydrogen-bond donors (Lipinski definition) is 1. The summed E-state index contributed by atoms with van der Waals surface area (Å²) < 4.78 is 1.92. The summed E-state index contributed by atoms with van der Waals surface area (Å²) in [6.45, 7) is 6.99. The van der Waals surface area contributed by atoms with Crippen LogP contribution in [-0.2, 0) is 17.9 Å². The highest BCUT2D eigenvalue weighted by atomic mass is 35.5. The highest BCUT2D eigenvalue weighted by Gasteiger charge is 2.33. The summed E-state index contributed by atoms with van der Waals surface area (Å²) in [4.78, 5) is 22.4. The number of rotatable bonds is 3. The molecule has 0 aliphatic carbocycles. The molecule has 1 aromatic carbocycles. The normalized spacial score (nSPS) is 16.2. The van der Waals surface area contributed by atoms with Gasteiger partial charge < -0.3 is 15.1 Å². The zero-order valence-electron chi connectivity index (χ0n) is 18.4. The minimum atomic E-state index is -0.0250. The number of hydrogen-bond acceptors (Lipinski definition) is 5. The Bertz CT molecular complexity index is 1130. The van der Waals surface area contributed by atoms with E-state index in [1.165, 1.54) is 0 Å². The SMILES string of the molecule is CCn1ncc2c1Nc1cc(Cl)ccc1N(C(=O)C1CCN(c3ccc(C)cn3)CC1)C2. The van der Waals surface area contributed by atoms with Crippen LogP contribution in [0.4, 0.5) is 23.0 Å². The zero-order chi connectivity index (χ0) is 22.2. The molecule has 7 nitrogen and oxygen atoms in total. The molecule has 4 heterocycles. The number of aryl methyl sites for hydroxylation is 2. The molecule has 2 aliphatic heterocycles. The number of nitrogens with zero attached hydrogens (tertiary/aromatic N) is 5. The van der Waals surface area contributed by atoms with Crippen molar-refractivity contribution in [3.8, 4) is 0 Å². The minimum absolute atomic E-state index is 0.0250. The first-order chi connectivity index (χ1) is 15.5. The molecule has 0 saturated carbocycles. The van der Waals surface area contributed by atoms with Crippen LogP contribution in [0.2, 0.25) is 5.02 Å². The van der Waals surface area contributed by atoms with Crippen molar-refractivity contribution in [1.29, 1.82) is 0 Å². The fourth-order valence-corrected chi connectivity index (χ4v) is 4.74. The highest BCUT2D eigenvalue weighted by Crippen LogP contribution is 2.39. The maximum absolute atomic E-state index is 13.7. The molecular formula is C24H27ClN6O. The lowest BCUT2D eigenvalue weighted by atomic mass is 9.94. The Morgan fingerprint density at radius 2 is 2.00 bits per heavy atom. The van der Waals surface area contributed by atoms with Crippen LogP contribution < -0.4 is 15.1 Å². The van der Waals surface area contributed by atoms with Crippen LogP contribution in [0.3, 0.4) is 0 Å². The molecule has 1 amide bonds. The second kappa shape index (κ2) is 8.47. The Hall–Kier alpha value is -3.06. The lowest BCUT2D eigenvalue weighted by Crippen LogP contribution is -2.42. The van der Waals surface area contributed by atoms with E-state index >= 15 is 0 Å². The Morgan fingerprint density at radius 1 is 1.19 bits per heavy atom. The smallest absolute Gasteiger partial charge is 0.230 e. The summed E-state index contributed by atoms with van der Waals surface area (Å²) >= 11 is 6.29. The summed E-state index contributed by atoms with van der Waals surface area (Å²) in [5.74, 6) is 2.04. The number of anilines is 4. The van der Waals surface area contributed by atoms with Crippen LogP contribution in [0.1, 0.15) is 30.9 Å². The number of carbonyl (C=O) groups is 1. The van der Waals surface area contributed by atoms with Crippen LogP contribution in [-0.4, -0.2) is 33.8 Å². The Morgan fingerprint density at radius 3 is 2.72 bits per heavy atom. The predicted molar refractivity (Wildman–Crippen MR) is 128 cm³/mol. The first-order valence-corrected chi connectivity index (χ1v) is 11.5. The van der Waals surface area contributed by atoms with Gasteiger partial charge in [-0.1, -0.05) is 17.7 Å². The van der Waals surface area contributed by atoms with Crippen LogP contribution in [0, 0.1) is 12.8 Å². The van der Waals surface area contributed by atoms with E-state index < -0.39 is 0 Å². The van der Waals surface area contributed by atoms with Crippen molar-refractivity contribution in [1.82, 2.24) is 14.8 Å². The van der Waals surface area contributed by atoms with E-state index in [1.54, 1.807) is 0 Å².